The molecular weight excluding hydrogens is 407 g/mol. The topological polar surface area (TPSA) is 112 Å². The molecule has 0 saturated heterocycles. The molecule has 31 heavy (non-hydrogen) atoms. The van der Waals surface area contributed by atoms with Gasteiger partial charge in [0.1, 0.15) is 0 Å². The second-order valence-corrected chi connectivity index (χ2v) is 7.90. The van der Waals surface area contributed by atoms with Gasteiger partial charge in [-0.25, -0.2) is 0 Å². The largest absolute Gasteiger partial charge is 0.416 e. The van der Waals surface area contributed by atoms with E-state index in [1.54, 1.807) is 12.3 Å². The van der Waals surface area contributed by atoms with Crippen molar-refractivity contribution < 1.29 is 17.9 Å². The predicted octanol–water partition coefficient (Wildman–Crippen LogP) is 3.76. The van der Waals surface area contributed by atoms with E-state index in [0.717, 1.165) is 31.4 Å². The lowest BCUT2D eigenvalue weighted by Gasteiger charge is -2.29. The minimum atomic E-state index is -4.41. The van der Waals surface area contributed by atoms with Crippen LogP contribution in [0.3, 0.4) is 0 Å². The SMILES string of the molecule is C=C(Nc1cnc2ccc(C(F)(F)F)cc2c1)C(N)CCCOC(C)(CCN)CCN. The van der Waals surface area contributed by atoms with E-state index in [2.05, 4.69) is 16.9 Å². The standard InChI is InChI=1S/C22H32F3N5O/c1-15(19(28)4-3-11-31-21(2,7-9-26)8-10-27)30-18-13-16-12-17(22(23,24)25)5-6-20(16)29-14-18/h5-6,12-14,19,30H,1,3-4,7-11,26-28H2,2H3. The van der Waals surface area contributed by atoms with Crippen molar-refractivity contribution in [2.24, 2.45) is 17.2 Å². The highest BCUT2D eigenvalue weighted by atomic mass is 19.4. The first-order valence-corrected chi connectivity index (χ1v) is 10.3. The molecule has 0 aliphatic rings. The van der Waals surface area contributed by atoms with Gasteiger partial charge in [0.25, 0.3) is 0 Å². The Morgan fingerprint density at radius 2 is 1.87 bits per heavy atom. The minimum Gasteiger partial charge on any atom is -0.375 e. The molecule has 0 bridgehead atoms. The van der Waals surface area contributed by atoms with Crippen LogP contribution in [0, 0.1) is 0 Å². The van der Waals surface area contributed by atoms with E-state index in [0.29, 0.717) is 48.4 Å². The summed E-state index contributed by atoms with van der Waals surface area (Å²) in [6.07, 6.45) is -0.0489. The van der Waals surface area contributed by atoms with Gasteiger partial charge in [-0.1, -0.05) is 6.58 Å². The molecule has 0 aliphatic carbocycles. The Kier molecular flexibility index (Phi) is 8.81. The number of alkyl halides is 3. The number of benzene rings is 1. The molecule has 6 nitrogen and oxygen atoms in total. The highest BCUT2D eigenvalue weighted by molar-refractivity contribution is 5.82. The molecule has 1 aromatic heterocycles. The van der Waals surface area contributed by atoms with Gasteiger partial charge in [-0.05, 0) is 70.0 Å². The summed E-state index contributed by atoms with van der Waals surface area (Å²) >= 11 is 0. The molecule has 0 spiro atoms. The highest BCUT2D eigenvalue weighted by Gasteiger charge is 2.30. The van der Waals surface area contributed by atoms with Crippen molar-refractivity contribution >= 4 is 16.6 Å². The van der Waals surface area contributed by atoms with Gasteiger partial charge in [0.05, 0.1) is 28.6 Å². The maximum Gasteiger partial charge on any atom is 0.416 e. The molecule has 1 heterocycles. The van der Waals surface area contributed by atoms with Gasteiger partial charge in [0.15, 0.2) is 0 Å². The van der Waals surface area contributed by atoms with Crippen molar-refractivity contribution in [3.8, 4) is 0 Å². The molecule has 0 saturated carbocycles. The number of pyridine rings is 1. The van der Waals surface area contributed by atoms with Crippen molar-refractivity contribution in [2.75, 3.05) is 25.0 Å². The zero-order valence-electron chi connectivity index (χ0n) is 17.8. The van der Waals surface area contributed by atoms with Crippen molar-refractivity contribution in [3.63, 3.8) is 0 Å². The zero-order chi connectivity index (χ0) is 23.1. The number of nitrogens with zero attached hydrogens (tertiary/aromatic N) is 1. The summed E-state index contributed by atoms with van der Waals surface area (Å²) in [6, 6.07) is 4.70. The number of rotatable bonds is 12. The number of halogens is 3. The molecule has 1 atom stereocenters. The normalized spacial score (nSPS) is 13.4. The van der Waals surface area contributed by atoms with Crippen LogP contribution in [-0.4, -0.2) is 36.3 Å². The van der Waals surface area contributed by atoms with E-state index in [1.807, 2.05) is 6.92 Å². The second kappa shape index (κ2) is 10.9. The Morgan fingerprint density at radius 1 is 1.19 bits per heavy atom. The molecule has 172 valence electrons. The van der Waals surface area contributed by atoms with Gasteiger partial charge in [-0.3, -0.25) is 4.98 Å². The summed E-state index contributed by atoms with van der Waals surface area (Å²) in [5, 5.41) is 3.44. The monoisotopic (exact) mass is 439 g/mol. The summed E-state index contributed by atoms with van der Waals surface area (Å²) in [4.78, 5) is 4.20. The maximum absolute atomic E-state index is 13.0. The van der Waals surface area contributed by atoms with Gasteiger partial charge >= 0.3 is 6.18 Å². The fourth-order valence-corrected chi connectivity index (χ4v) is 3.33. The molecule has 7 N–H and O–H groups in total. The lowest BCUT2D eigenvalue weighted by Crippen LogP contribution is -2.35. The second-order valence-electron chi connectivity index (χ2n) is 7.90. The third kappa shape index (κ3) is 7.46. The molecule has 1 aromatic carbocycles. The van der Waals surface area contributed by atoms with Crippen molar-refractivity contribution in [1.29, 1.82) is 0 Å². The van der Waals surface area contributed by atoms with Gasteiger partial charge in [0, 0.05) is 23.7 Å². The fourth-order valence-electron chi connectivity index (χ4n) is 3.33. The van der Waals surface area contributed by atoms with E-state index in [4.69, 9.17) is 21.9 Å². The number of hydrogen-bond donors (Lipinski definition) is 4. The molecular formula is C22H32F3N5O. The van der Waals surface area contributed by atoms with E-state index in [1.165, 1.54) is 6.07 Å². The molecule has 0 radical (unpaired) electrons. The van der Waals surface area contributed by atoms with Crippen LogP contribution in [0.25, 0.3) is 10.9 Å². The van der Waals surface area contributed by atoms with Crippen molar-refractivity contribution in [3.05, 3.63) is 48.3 Å². The summed E-state index contributed by atoms with van der Waals surface area (Å²) in [5.74, 6) is 0. The average molecular weight is 440 g/mol. The van der Waals surface area contributed by atoms with E-state index < -0.39 is 11.7 Å². The van der Waals surface area contributed by atoms with Crippen LogP contribution in [0.2, 0.25) is 0 Å². The Hall–Kier alpha value is -2.20. The number of nitrogens with one attached hydrogen (secondary N) is 1. The van der Waals surface area contributed by atoms with E-state index in [-0.39, 0.29) is 11.6 Å². The molecule has 9 heteroatoms. The smallest absolute Gasteiger partial charge is 0.375 e. The van der Waals surface area contributed by atoms with Crippen molar-refractivity contribution in [1.82, 2.24) is 4.98 Å². The van der Waals surface area contributed by atoms with Crippen LogP contribution < -0.4 is 22.5 Å². The minimum absolute atomic E-state index is 0.338. The third-order valence-corrected chi connectivity index (χ3v) is 5.22. The highest BCUT2D eigenvalue weighted by Crippen LogP contribution is 2.31. The number of fused-ring (bicyclic) bond motifs is 1. The zero-order valence-corrected chi connectivity index (χ0v) is 17.8. The first kappa shape index (κ1) is 25.1. The molecule has 1 unspecified atom stereocenters. The number of aromatic nitrogens is 1. The number of anilines is 1. The summed E-state index contributed by atoms with van der Waals surface area (Å²) in [5.41, 5.74) is 18.0. The van der Waals surface area contributed by atoms with Gasteiger partial charge in [-0.15, -0.1) is 0 Å². The molecule has 0 fully saturated rings. The molecule has 0 amide bonds. The summed E-state index contributed by atoms with van der Waals surface area (Å²) in [7, 11) is 0. The molecule has 2 rings (SSSR count). The Morgan fingerprint density at radius 3 is 2.48 bits per heavy atom. The Labute approximate surface area is 181 Å². The van der Waals surface area contributed by atoms with Crippen LogP contribution in [-0.2, 0) is 10.9 Å². The number of ether oxygens (including phenoxy) is 1. The van der Waals surface area contributed by atoms with Crippen LogP contribution >= 0.6 is 0 Å². The van der Waals surface area contributed by atoms with Crippen LogP contribution in [0.5, 0.6) is 0 Å². The van der Waals surface area contributed by atoms with Crippen LogP contribution in [0.15, 0.2) is 42.7 Å². The lowest BCUT2D eigenvalue weighted by atomic mass is 9.98. The summed E-state index contributed by atoms with van der Waals surface area (Å²) < 4.78 is 44.8. The van der Waals surface area contributed by atoms with Gasteiger partial charge in [-0.2, -0.15) is 13.2 Å². The lowest BCUT2D eigenvalue weighted by molar-refractivity contribution is -0.137. The third-order valence-electron chi connectivity index (χ3n) is 5.22. The first-order valence-electron chi connectivity index (χ1n) is 10.3. The van der Waals surface area contributed by atoms with E-state index in [9.17, 15) is 13.2 Å². The Bertz CT molecular complexity index is 866. The number of hydrogen-bond acceptors (Lipinski definition) is 6. The van der Waals surface area contributed by atoms with Crippen LogP contribution in [0.4, 0.5) is 18.9 Å². The average Bonchev–Trinajstić information content (AvgIpc) is 2.70. The first-order chi connectivity index (χ1) is 14.6. The van der Waals surface area contributed by atoms with Gasteiger partial charge < -0.3 is 27.3 Å². The van der Waals surface area contributed by atoms with E-state index >= 15 is 0 Å². The Balaban J connectivity index is 1.91. The van der Waals surface area contributed by atoms with Gasteiger partial charge in [0.2, 0.25) is 0 Å². The predicted molar refractivity (Wildman–Crippen MR) is 118 cm³/mol. The van der Waals surface area contributed by atoms with Crippen LogP contribution in [0.1, 0.15) is 38.2 Å². The molecule has 0 aliphatic heterocycles. The summed E-state index contributed by atoms with van der Waals surface area (Å²) in [6.45, 7) is 7.54. The number of nitrogens with two attached hydrogens (primary N) is 3. The maximum atomic E-state index is 13.0. The quantitative estimate of drug-likeness (QED) is 0.375. The van der Waals surface area contributed by atoms with Crippen molar-refractivity contribution in [2.45, 2.75) is 50.4 Å². The molecule has 2 aromatic rings. The fraction of sp³-hybridized carbons (Fsp3) is 0.500.